The first-order chi connectivity index (χ1) is 13.5. The molecule has 0 amide bonds. The maximum Gasteiger partial charge on any atom is 0.215 e. The van der Waals surface area contributed by atoms with Crippen LogP contribution in [-0.4, -0.2) is 41.4 Å². The quantitative estimate of drug-likeness (QED) is 0.750. The highest BCUT2D eigenvalue weighted by molar-refractivity contribution is 6.12. The molecule has 3 heterocycles. The summed E-state index contributed by atoms with van der Waals surface area (Å²) in [4.78, 5) is 24.2. The number of carbonyl (C=O) groups excluding carboxylic acids is 1. The minimum Gasteiger partial charge on any atom is -0.383 e. The lowest BCUT2D eigenvalue weighted by Gasteiger charge is -2.35. The minimum atomic E-state index is -0.200. The molecule has 2 aromatic rings. The van der Waals surface area contributed by atoms with E-state index in [4.69, 9.17) is 10.7 Å². The number of hydrogen-bond donors (Lipinski definition) is 2. The van der Waals surface area contributed by atoms with Gasteiger partial charge in [0.05, 0.1) is 5.56 Å². The Hall–Kier alpha value is -2.73. The number of allylic oxidation sites excluding steroid dienone is 1. The van der Waals surface area contributed by atoms with Gasteiger partial charge < -0.3 is 16.0 Å². The second kappa shape index (κ2) is 8.97. The van der Waals surface area contributed by atoms with Crippen LogP contribution in [0, 0.1) is 5.92 Å². The molecule has 0 unspecified atom stereocenters. The lowest BCUT2D eigenvalue weighted by Crippen LogP contribution is -2.51. The predicted molar refractivity (Wildman–Crippen MR) is 114 cm³/mol. The van der Waals surface area contributed by atoms with Gasteiger partial charge >= 0.3 is 0 Å². The van der Waals surface area contributed by atoms with E-state index < -0.39 is 0 Å². The molecule has 0 radical (unpaired) electrons. The van der Waals surface area contributed by atoms with Crippen LogP contribution < -0.4 is 16.0 Å². The highest BCUT2D eigenvalue weighted by Gasteiger charge is 2.23. The fourth-order valence-corrected chi connectivity index (χ4v) is 3.63. The summed E-state index contributed by atoms with van der Waals surface area (Å²) in [6.45, 7) is 9.06. The molecule has 6 nitrogen and oxygen atoms in total. The van der Waals surface area contributed by atoms with Gasteiger partial charge in [-0.25, -0.2) is 9.97 Å². The van der Waals surface area contributed by atoms with Gasteiger partial charge in [0.25, 0.3) is 0 Å². The van der Waals surface area contributed by atoms with Gasteiger partial charge in [-0.15, -0.1) is 0 Å². The van der Waals surface area contributed by atoms with Crippen molar-refractivity contribution in [3.05, 3.63) is 53.4 Å². The topological polar surface area (TPSA) is 84.1 Å². The lowest BCUT2D eigenvalue weighted by atomic mass is 10.0. The SMILES string of the molecule is C/C=C/c1ccc(N2CCN[C@@H](CC(C)C)C2)nc1C(=O)c1cccnc1N. The molecule has 0 bridgehead atoms. The maximum atomic E-state index is 13.2. The lowest BCUT2D eigenvalue weighted by molar-refractivity contribution is 0.103. The third-order valence-electron chi connectivity index (χ3n) is 4.89. The first-order valence-corrected chi connectivity index (χ1v) is 9.86. The van der Waals surface area contributed by atoms with Gasteiger partial charge in [0, 0.05) is 37.4 Å². The Labute approximate surface area is 166 Å². The Bertz CT molecular complexity index is 862. The number of pyridine rings is 2. The van der Waals surface area contributed by atoms with Crippen molar-refractivity contribution in [3.63, 3.8) is 0 Å². The molecule has 3 rings (SSSR count). The molecule has 148 valence electrons. The van der Waals surface area contributed by atoms with Crippen LogP contribution in [0.5, 0.6) is 0 Å². The summed E-state index contributed by atoms with van der Waals surface area (Å²) in [6, 6.07) is 7.80. The molecule has 1 aliphatic rings. The number of piperazine rings is 1. The Morgan fingerprint density at radius 2 is 2.21 bits per heavy atom. The van der Waals surface area contributed by atoms with E-state index in [9.17, 15) is 4.79 Å². The van der Waals surface area contributed by atoms with Gasteiger partial charge in [0.2, 0.25) is 5.78 Å². The standard InChI is InChI=1S/C22H29N5O/c1-4-6-16-8-9-19(27-12-11-24-17(14-27)13-15(2)3)26-20(16)21(28)18-7-5-10-25-22(18)23/h4-10,15,17,24H,11-14H2,1-3H3,(H2,23,25)/b6-4+/t17-/m0/s1. The van der Waals surface area contributed by atoms with Crippen molar-refractivity contribution in [2.24, 2.45) is 5.92 Å². The summed E-state index contributed by atoms with van der Waals surface area (Å²) >= 11 is 0. The van der Waals surface area contributed by atoms with Gasteiger partial charge in [0.1, 0.15) is 17.3 Å². The van der Waals surface area contributed by atoms with Crippen LogP contribution in [0.4, 0.5) is 11.6 Å². The largest absolute Gasteiger partial charge is 0.383 e. The van der Waals surface area contributed by atoms with E-state index in [-0.39, 0.29) is 11.6 Å². The van der Waals surface area contributed by atoms with Crippen molar-refractivity contribution >= 4 is 23.5 Å². The van der Waals surface area contributed by atoms with Crippen molar-refractivity contribution in [2.45, 2.75) is 33.2 Å². The summed E-state index contributed by atoms with van der Waals surface area (Å²) in [6.07, 6.45) is 6.50. The van der Waals surface area contributed by atoms with Crippen molar-refractivity contribution in [3.8, 4) is 0 Å². The van der Waals surface area contributed by atoms with Gasteiger partial charge in [-0.05, 0) is 43.5 Å². The zero-order valence-corrected chi connectivity index (χ0v) is 16.9. The van der Waals surface area contributed by atoms with Crippen molar-refractivity contribution in [1.29, 1.82) is 0 Å². The maximum absolute atomic E-state index is 13.2. The number of rotatable bonds is 6. The molecule has 28 heavy (non-hydrogen) atoms. The van der Waals surface area contributed by atoms with Crippen LogP contribution >= 0.6 is 0 Å². The zero-order valence-electron chi connectivity index (χ0n) is 16.9. The Balaban J connectivity index is 1.94. The van der Waals surface area contributed by atoms with E-state index in [1.54, 1.807) is 18.3 Å². The van der Waals surface area contributed by atoms with Crippen molar-refractivity contribution in [1.82, 2.24) is 15.3 Å². The van der Waals surface area contributed by atoms with Gasteiger partial charge in [-0.1, -0.05) is 26.0 Å². The van der Waals surface area contributed by atoms with E-state index in [0.717, 1.165) is 37.4 Å². The molecule has 1 fully saturated rings. The highest BCUT2D eigenvalue weighted by atomic mass is 16.1. The molecular formula is C22H29N5O. The van der Waals surface area contributed by atoms with E-state index in [1.165, 1.54) is 0 Å². The second-order valence-corrected chi connectivity index (χ2v) is 7.60. The number of ketones is 1. The molecule has 0 aromatic carbocycles. The molecule has 0 aliphatic carbocycles. The summed E-state index contributed by atoms with van der Waals surface area (Å²) in [5, 5.41) is 3.58. The molecule has 0 saturated carbocycles. The third kappa shape index (κ3) is 4.57. The monoisotopic (exact) mass is 379 g/mol. The summed E-state index contributed by atoms with van der Waals surface area (Å²) in [7, 11) is 0. The van der Waals surface area contributed by atoms with Crippen LogP contribution in [0.1, 0.15) is 48.8 Å². The number of carbonyl (C=O) groups is 1. The highest BCUT2D eigenvalue weighted by Crippen LogP contribution is 2.23. The third-order valence-corrected chi connectivity index (χ3v) is 4.89. The number of nitrogens with zero attached hydrogens (tertiary/aromatic N) is 3. The fourth-order valence-electron chi connectivity index (χ4n) is 3.63. The second-order valence-electron chi connectivity index (χ2n) is 7.60. The van der Waals surface area contributed by atoms with Crippen molar-refractivity contribution < 1.29 is 4.79 Å². The zero-order chi connectivity index (χ0) is 20.1. The molecule has 0 spiro atoms. The number of aromatic nitrogens is 2. The number of nitrogens with two attached hydrogens (primary N) is 1. The van der Waals surface area contributed by atoms with Crippen LogP contribution in [0.3, 0.4) is 0 Å². The Kier molecular flexibility index (Phi) is 6.41. The number of nitrogen functional groups attached to an aromatic ring is 1. The molecule has 1 saturated heterocycles. The molecule has 2 aromatic heterocycles. The van der Waals surface area contributed by atoms with Crippen LogP contribution in [0.15, 0.2) is 36.5 Å². The first-order valence-electron chi connectivity index (χ1n) is 9.86. The van der Waals surface area contributed by atoms with Gasteiger partial charge in [0.15, 0.2) is 0 Å². The van der Waals surface area contributed by atoms with Crippen LogP contribution in [-0.2, 0) is 0 Å². The van der Waals surface area contributed by atoms with E-state index in [2.05, 4.69) is 29.0 Å². The smallest absolute Gasteiger partial charge is 0.215 e. The first kappa shape index (κ1) is 20.0. The predicted octanol–water partition coefficient (Wildman–Crippen LogP) is 3.15. The Morgan fingerprint density at radius 1 is 1.39 bits per heavy atom. The normalized spacial score (nSPS) is 17.4. The van der Waals surface area contributed by atoms with Gasteiger partial charge in [-0.2, -0.15) is 0 Å². The van der Waals surface area contributed by atoms with Crippen molar-refractivity contribution in [2.75, 3.05) is 30.3 Å². The van der Waals surface area contributed by atoms with Gasteiger partial charge in [-0.3, -0.25) is 4.79 Å². The van der Waals surface area contributed by atoms with Crippen LogP contribution in [0.25, 0.3) is 6.08 Å². The summed E-state index contributed by atoms with van der Waals surface area (Å²) in [5.74, 6) is 1.49. The fraction of sp³-hybridized carbons (Fsp3) is 0.409. The average Bonchev–Trinajstić information content (AvgIpc) is 2.68. The molecule has 1 atom stereocenters. The molecular weight excluding hydrogens is 350 g/mol. The van der Waals surface area contributed by atoms with Crippen LogP contribution in [0.2, 0.25) is 0 Å². The molecule has 6 heteroatoms. The number of nitrogens with one attached hydrogen (secondary N) is 1. The van der Waals surface area contributed by atoms with E-state index in [0.29, 0.717) is 23.2 Å². The van der Waals surface area contributed by atoms with E-state index in [1.807, 2.05) is 31.2 Å². The molecule has 3 N–H and O–H groups in total. The summed E-state index contributed by atoms with van der Waals surface area (Å²) < 4.78 is 0. The van der Waals surface area contributed by atoms with E-state index >= 15 is 0 Å². The summed E-state index contributed by atoms with van der Waals surface area (Å²) in [5.41, 5.74) is 7.51. The Morgan fingerprint density at radius 3 is 2.93 bits per heavy atom. The molecule has 1 aliphatic heterocycles. The number of anilines is 2. The number of hydrogen-bond acceptors (Lipinski definition) is 6. The minimum absolute atomic E-state index is 0.200. The average molecular weight is 380 g/mol.